The number of aromatic nitrogens is 3. The number of aromatic amines is 2. The monoisotopic (exact) mass is 363 g/mol. The van der Waals surface area contributed by atoms with Crippen molar-refractivity contribution in [3.05, 3.63) is 58.9 Å². The van der Waals surface area contributed by atoms with E-state index in [0.29, 0.717) is 39.4 Å². The number of benzene rings is 2. The van der Waals surface area contributed by atoms with Crippen LogP contribution in [0.4, 0.5) is 0 Å². The zero-order valence-electron chi connectivity index (χ0n) is 14.7. The van der Waals surface area contributed by atoms with E-state index in [2.05, 4.69) is 15.2 Å². The van der Waals surface area contributed by atoms with E-state index in [1.165, 1.54) is 20.3 Å². The fraction of sp³-hybridized carbons (Fsp3) is 0.100. The van der Waals surface area contributed by atoms with Crippen molar-refractivity contribution in [2.24, 2.45) is 0 Å². The number of fused-ring (bicyclic) bond motifs is 1. The molecule has 27 heavy (non-hydrogen) atoms. The summed E-state index contributed by atoms with van der Waals surface area (Å²) in [4.78, 5) is 16.7. The van der Waals surface area contributed by atoms with E-state index in [0.717, 1.165) is 5.56 Å². The summed E-state index contributed by atoms with van der Waals surface area (Å²) in [6.07, 6.45) is 0. The summed E-state index contributed by atoms with van der Waals surface area (Å²) in [6, 6.07) is 14.5. The summed E-state index contributed by atoms with van der Waals surface area (Å²) in [5.41, 5.74) is 2.60. The van der Waals surface area contributed by atoms with E-state index in [9.17, 15) is 9.90 Å². The van der Waals surface area contributed by atoms with E-state index in [1.54, 1.807) is 12.1 Å². The third-order valence-corrected chi connectivity index (χ3v) is 4.39. The van der Waals surface area contributed by atoms with Gasteiger partial charge in [0.25, 0.3) is 5.56 Å². The largest absolute Gasteiger partial charge is 0.507 e. The van der Waals surface area contributed by atoms with Crippen molar-refractivity contribution in [1.82, 2.24) is 15.2 Å². The minimum absolute atomic E-state index is 0.0342. The molecule has 0 saturated heterocycles. The lowest BCUT2D eigenvalue weighted by Crippen LogP contribution is -1.99. The van der Waals surface area contributed by atoms with Crippen LogP contribution < -0.4 is 15.0 Å². The van der Waals surface area contributed by atoms with Crippen molar-refractivity contribution in [3.63, 3.8) is 0 Å². The topological polar surface area (TPSA) is 100 Å². The Labute approximate surface area is 154 Å². The van der Waals surface area contributed by atoms with Gasteiger partial charge in [0.2, 0.25) is 0 Å². The highest BCUT2D eigenvalue weighted by Gasteiger charge is 2.21. The molecule has 0 amide bonds. The number of rotatable bonds is 4. The first-order valence-electron chi connectivity index (χ1n) is 8.24. The van der Waals surface area contributed by atoms with E-state index in [-0.39, 0.29) is 11.3 Å². The van der Waals surface area contributed by atoms with Gasteiger partial charge in [-0.2, -0.15) is 0 Å². The zero-order valence-corrected chi connectivity index (χ0v) is 14.7. The number of nitrogens with zero attached hydrogens (tertiary/aromatic N) is 1. The Morgan fingerprint density at radius 1 is 1.00 bits per heavy atom. The molecule has 2 aromatic carbocycles. The van der Waals surface area contributed by atoms with Gasteiger partial charge in [0.15, 0.2) is 5.65 Å². The molecular weight excluding hydrogens is 346 g/mol. The molecule has 3 N–H and O–H groups in total. The van der Waals surface area contributed by atoms with Crippen molar-refractivity contribution >= 4 is 11.0 Å². The average Bonchev–Trinajstić information content (AvgIpc) is 3.07. The molecule has 0 saturated carbocycles. The number of phenols is 1. The third kappa shape index (κ3) is 2.79. The molecular formula is C20H17N3O4. The Morgan fingerprint density at radius 2 is 1.78 bits per heavy atom. The predicted octanol–water partition coefficient (Wildman–Crippen LogP) is 3.31. The Bertz CT molecular complexity index is 1180. The lowest BCUT2D eigenvalue weighted by atomic mass is 9.97. The molecule has 7 nitrogen and oxygen atoms in total. The lowest BCUT2D eigenvalue weighted by molar-refractivity contribution is 0.386. The van der Waals surface area contributed by atoms with Crippen LogP contribution in [-0.2, 0) is 0 Å². The quantitative estimate of drug-likeness (QED) is 0.516. The number of phenolic OH excluding ortho intramolecular Hbond substituents is 1. The van der Waals surface area contributed by atoms with Gasteiger partial charge in [-0.15, -0.1) is 0 Å². The summed E-state index contributed by atoms with van der Waals surface area (Å²) in [5.74, 6) is 0.840. The van der Waals surface area contributed by atoms with Gasteiger partial charge in [-0.05, 0) is 11.6 Å². The number of hydrogen-bond acceptors (Lipinski definition) is 5. The first-order chi connectivity index (χ1) is 13.1. The molecule has 136 valence electrons. The Kier molecular flexibility index (Phi) is 4.04. The molecule has 4 aromatic rings. The molecule has 7 heteroatoms. The molecule has 2 aromatic heterocycles. The summed E-state index contributed by atoms with van der Waals surface area (Å²) in [6.45, 7) is 0. The molecule has 0 fully saturated rings. The second kappa shape index (κ2) is 6.53. The maximum absolute atomic E-state index is 12.1. The van der Waals surface area contributed by atoms with Gasteiger partial charge in [-0.3, -0.25) is 15.0 Å². The Balaban J connectivity index is 2.09. The fourth-order valence-corrected chi connectivity index (χ4v) is 3.09. The van der Waals surface area contributed by atoms with Gasteiger partial charge in [0.05, 0.1) is 30.9 Å². The van der Waals surface area contributed by atoms with Crippen LogP contribution in [0.15, 0.2) is 53.3 Å². The van der Waals surface area contributed by atoms with Gasteiger partial charge in [0, 0.05) is 17.7 Å². The smallest absolute Gasteiger partial charge is 0.273 e. The van der Waals surface area contributed by atoms with Gasteiger partial charge in [-0.25, -0.2) is 4.98 Å². The average molecular weight is 363 g/mol. The summed E-state index contributed by atoms with van der Waals surface area (Å²) >= 11 is 0. The fourth-order valence-electron chi connectivity index (χ4n) is 3.09. The minimum atomic E-state index is -0.257. The van der Waals surface area contributed by atoms with Crippen molar-refractivity contribution in [3.8, 4) is 39.6 Å². The number of nitrogens with one attached hydrogen (secondary N) is 2. The van der Waals surface area contributed by atoms with Crippen LogP contribution in [0.3, 0.4) is 0 Å². The highest BCUT2D eigenvalue weighted by atomic mass is 16.5. The number of hydrogen-bond donors (Lipinski definition) is 3. The molecule has 2 heterocycles. The van der Waals surface area contributed by atoms with Gasteiger partial charge in [-0.1, -0.05) is 30.3 Å². The maximum Gasteiger partial charge on any atom is 0.273 e. The van der Waals surface area contributed by atoms with E-state index in [1.807, 2.05) is 30.3 Å². The van der Waals surface area contributed by atoms with Crippen LogP contribution >= 0.6 is 0 Å². The van der Waals surface area contributed by atoms with Gasteiger partial charge in [0.1, 0.15) is 17.2 Å². The summed E-state index contributed by atoms with van der Waals surface area (Å²) < 4.78 is 10.7. The molecule has 0 bridgehead atoms. The number of pyridine rings is 1. The van der Waals surface area contributed by atoms with Crippen LogP contribution in [-0.4, -0.2) is 34.5 Å². The van der Waals surface area contributed by atoms with Crippen LogP contribution in [0.2, 0.25) is 0 Å². The predicted molar refractivity (Wildman–Crippen MR) is 102 cm³/mol. The normalized spacial score (nSPS) is 10.9. The van der Waals surface area contributed by atoms with Crippen LogP contribution in [0.1, 0.15) is 0 Å². The van der Waals surface area contributed by atoms with Crippen LogP contribution in [0, 0.1) is 0 Å². The Morgan fingerprint density at radius 3 is 2.48 bits per heavy atom. The summed E-state index contributed by atoms with van der Waals surface area (Å²) in [7, 11) is 3.02. The molecule has 0 aliphatic rings. The van der Waals surface area contributed by atoms with Crippen molar-refractivity contribution < 1.29 is 14.6 Å². The van der Waals surface area contributed by atoms with Crippen molar-refractivity contribution in [1.29, 1.82) is 0 Å². The SMILES string of the molecule is COc1cc(O)c(-c2nc3[nH][nH]c(=O)c3cc2-c2ccccc2)c(OC)c1. The highest BCUT2D eigenvalue weighted by Crippen LogP contribution is 2.44. The van der Waals surface area contributed by atoms with Gasteiger partial charge >= 0.3 is 0 Å². The number of H-pyrrole nitrogens is 2. The molecule has 0 atom stereocenters. The highest BCUT2D eigenvalue weighted by molar-refractivity contribution is 5.93. The zero-order chi connectivity index (χ0) is 19.0. The van der Waals surface area contributed by atoms with Crippen LogP contribution in [0.25, 0.3) is 33.4 Å². The second-order valence-corrected chi connectivity index (χ2v) is 5.95. The van der Waals surface area contributed by atoms with Crippen molar-refractivity contribution in [2.75, 3.05) is 14.2 Å². The minimum Gasteiger partial charge on any atom is -0.507 e. The number of aromatic hydroxyl groups is 1. The molecule has 0 unspecified atom stereocenters. The number of ether oxygens (including phenoxy) is 2. The third-order valence-electron chi connectivity index (χ3n) is 4.39. The van der Waals surface area contributed by atoms with Gasteiger partial charge < -0.3 is 14.6 Å². The standard InChI is InChI=1S/C20H17N3O4/c1-26-12-8-15(24)17(16(9-12)27-2)18-13(11-6-4-3-5-7-11)10-14-19(21-18)22-23-20(14)25/h3-10,24H,1-2H3,(H2,21,22,23,25). The van der Waals surface area contributed by atoms with E-state index >= 15 is 0 Å². The van der Waals surface area contributed by atoms with Crippen LogP contribution in [0.5, 0.6) is 17.2 Å². The second-order valence-electron chi connectivity index (χ2n) is 5.95. The van der Waals surface area contributed by atoms with Crippen molar-refractivity contribution in [2.45, 2.75) is 0 Å². The lowest BCUT2D eigenvalue weighted by Gasteiger charge is -2.15. The Hall–Kier alpha value is -3.74. The molecule has 0 aliphatic heterocycles. The summed E-state index contributed by atoms with van der Waals surface area (Å²) in [5, 5.41) is 16.4. The number of methoxy groups -OCH3 is 2. The molecule has 0 spiro atoms. The first-order valence-corrected chi connectivity index (χ1v) is 8.24. The molecule has 0 radical (unpaired) electrons. The van der Waals surface area contributed by atoms with E-state index < -0.39 is 0 Å². The maximum atomic E-state index is 12.1. The molecule has 0 aliphatic carbocycles. The molecule has 4 rings (SSSR count). The first kappa shape index (κ1) is 16.7. The van der Waals surface area contributed by atoms with E-state index in [4.69, 9.17) is 9.47 Å².